The Morgan fingerprint density at radius 3 is 2.68 bits per heavy atom. The number of anilines is 1. The predicted molar refractivity (Wildman–Crippen MR) is 90.9 cm³/mol. The van der Waals surface area contributed by atoms with E-state index >= 15 is 0 Å². The van der Waals surface area contributed by atoms with Crippen LogP contribution >= 0.6 is 11.8 Å². The molecule has 0 spiro atoms. The molecule has 25 heavy (non-hydrogen) atoms. The summed E-state index contributed by atoms with van der Waals surface area (Å²) in [5.74, 6) is -0.904. The molecule has 2 heterocycles. The van der Waals surface area contributed by atoms with E-state index in [2.05, 4.69) is 5.32 Å². The summed E-state index contributed by atoms with van der Waals surface area (Å²) in [5, 5.41) is 2.26. The van der Waals surface area contributed by atoms with Crippen LogP contribution in [0.4, 0.5) is 5.69 Å². The van der Waals surface area contributed by atoms with E-state index in [1.807, 2.05) is 24.3 Å². The second-order valence-corrected chi connectivity index (χ2v) is 7.42. The molecule has 2 aliphatic heterocycles. The van der Waals surface area contributed by atoms with Gasteiger partial charge in [-0.25, -0.2) is 0 Å². The lowest BCUT2D eigenvalue weighted by molar-refractivity contribution is -0.139. The highest BCUT2D eigenvalue weighted by Gasteiger charge is 2.45. The fourth-order valence-corrected chi connectivity index (χ4v) is 4.23. The number of hydrogen-bond acceptors (Lipinski definition) is 5. The Morgan fingerprint density at radius 2 is 2.00 bits per heavy atom. The van der Waals surface area contributed by atoms with E-state index in [4.69, 9.17) is 0 Å². The summed E-state index contributed by atoms with van der Waals surface area (Å²) in [4.78, 5) is 52.7. The number of rotatable bonds is 4. The number of nitrogens with zero attached hydrogens (tertiary/aromatic N) is 2. The highest BCUT2D eigenvalue weighted by Crippen LogP contribution is 2.36. The summed E-state index contributed by atoms with van der Waals surface area (Å²) in [6.07, 6.45) is 1.65. The van der Waals surface area contributed by atoms with E-state index in [1.54, 1.807) is 0 Å². The Balaban J connectivity index is 1.57. The van der Waals surface area contributed by atoms with E-state index in [-0.39, 0.29) is 42.5 Å². The van der Waals surface area contributed by atoms with Crippen LogP contribution in [0.15, 0.2) is 29.2 Å². The van der Waals surface area contributed by atoms with Crippen molar-refractivity contribution in [3.05, 3.63) is 24.3 Å². The number of benzene rings is 1. The van der Waals surface area contributed by atoms with Crippen LogP contribution in [0.3, 0.4) is 0 Å². The van der Waals surface area contributed by atoms with Crippen molar-refractivity contribution in [3.8, 4) is 0 Å². The van der Waals surface area contributed by atoms with Gasteiger partial charge in [-0.2, -0.15) is 0 Å². The van der Waals surface area contributed by atoms with Crippen LogP contribution in [0.2, 0.25) is 0 Å². The number of para-hydroxylation sites is 1. The molecule has 130 valence electrons. The largest absolute Gasteiger partial charge is 0.326 e. The van der Waals surface area contributed by atoms with Crippen LogP contribution in [-0.2, 0) is 19.2 Å². The first kappa shape index (κ1) is 16.1. The molecule has 0 bridgehead atoms. The number of carbonyl (C=O) groups is 4. The second kappa shape index (κ2) is 6.18. The highest BCUT2D eigenvalue weighted by molar-refractivity contribution is 8.00. The first-order valence-corrected chi connectivity index (χ1v) is 9.20. The molecule has 2 fully saturated rings. The average molecular weight is 359 g/mol. The van der Waals surface area contributed by atoms with Crippen molar-refractivity contribution in [3.63, 3.8) is 0 Å². The van der Waals surface area contributed by atoms with Crippen LogP contribution in [0.25, 0.3) is 0 Å². The van der Waals surface area contributed by atoms with Gasteiger partial charge in [0, 0.05) is 10.9 Å². The van der Waals surface area contributed by atoms with Gasteiger partial charge in [-0.3, -0.25) is 24.5 Å². The molecular weight excluding hydrogens is 342 g/mol. The molecule has 1 aromatic carbocycles. The zero-order valence-corrected chi connectivity index (χ0v) is 14.3. The van der Waals surface area contributed by atoms with Crippen molar-refractivity contribution in [2.24, 2.45) is 0 Å². The van der Waals surface area contributed by atoms with Crippen molar-refractivity contribution < 1.29 is 19.2 Å². The van der Waals surface area contributed by atoms with Crippen LogP contribution in [0.5, 0.6) is 0 Å². The van der Waals surface area contributed by atoms with Crippen molar-refractivity contribution in [2.45, 2.75) is 36.2 Å². The van der Waals surface area contributed by atoms with Gasteiger partial charge >= 0.3 is 0 Å². The molecule has 4 amide bonds. The predicted octanol–water partition coefficient (Wildman–Crippen LogP) is 0.531. The Morgan fingerprint density at radius 1 is 1.24 bits per heavy atom. The number of amides is 4. The second-order valence-electron chi connectivity index (χ2n) is 6.40. The normalized spacial score (nSPS) is 22.6. The Kier molecular flexibility index (Phi) is 3.99. The molecule has 1 saturated carbocycles. The number of hydrogen-bond donors (Lipinski definition) is 1. The number of thioether (sulfide) groups is 1. The zero-order chi connectivity index (χ0) is 17.6. The van der Waals surface area contributed by atoms with E-state index in [9.17, 15) is 19.2 Å². The Bertz CT molecular complexity index is 777. The van der Waals surface area contributed by atoms with Crippen LogP contribution in [0.1, 0.15) is 19.3 Å². The summed E-state index contributed by atoms with van der Waals surface area (Å²) in [5.41, 5.74) is 0.722. The molecule has 1 N–H and O–H groups in total. The summed E-state index contributed by atoms with van der Waals surface area (Å²) in [6.45, 7) is -0.106. The maximum atomic E-state index is 12.9. The van der Waals surface area contributed by atoms with E-state index in [0.717, 1.165) is 23.4 Å². The minimum absolute atomic E-state index is 0.00145. The fourth-order valence-electron chi connectivity index (χ4n) is 3.29. The zero-order valence-electron chi connectivity index (χ0n) is 13.4. The molecule has 4 rings (SSSR count). The van der Waals surface area contributed by atoms with Gasteiger partial charge in [0.1, 0.15) is 12.6 Å². The third-order valence-corrected chi connectivity index (χ3v) is 5.66. The third kappa shape index (κ3) is 3.02. The quantitative estimate of drug-likeness (QED) is 0.793. The van der Waals surface area contributed by atoms with Gasteiger partial charge in [0.25, 0.3) is 0 Å². The first-order valence-electron chi connectivity index (χ1n) is 8.21. The van der Waals surface area contributed by atoms with Gasteiger partial charge in [-0.15, -0.1) is 11.8 Å². The van der Waals surface area contributed by atoms with Gasteiger partial charge in [0.2, 0.25) is 23.6 Å². The molecule has 0 unspecified atom stereocenters. The first-order chi connectivity index (χ1) is 12.0. The maximum Gasteiger partial charge on any atom is 0.249 e. The fraction of sp³-hybridized carbons (Fsp3) is 0.412. The van der Waals surface area contributed by atoms with Crippen molar-refractivity contribution >= 4 is 41.1 Å². The molecule has 7 nitrogen and oxygen atoms in total. The monoisotopic (exact) mass is 359 g/mol. The summed E-state index contributed by atoms with van der Waals surface area (Å²) in [7, 11) is 0. The molecule has 1 aliphatic carbocycles. The minimum atomic E-state index is -0.753. The number of imide groups is 1. The lowest BCUT2D eigenvalue weighted by Gasteiger charge is -2.32. The van der Waals surface area contributed by atoms with Gasteiger partial charge < -0.3 is 9.80 Å². The molecule has 1 atom stereocenters. The number of nitrogens with one attached hydrogen (secondary N) is 1. The molecular formula is C17H17N3O4S. The molecule has 1 saturated heterocycles. The van der Waals surface area contributed by atoms with Gasteiger partial charge in [0.05, 0.1) is 17.9 Å². The summed E-state index contributed by atoms with van der Waals surface area (Å²) in [6, 6.07) is 6.70. The van der Waals surface area contributed by atoms with Crippen molar-refractivity contribution in [1.82, 2.24) is 10.2 Å². The molecule has 1 aromatic rings. The van der Waals surface area contributed by atoms with Crippen LogP contribution in [0, 0.1) is 0 Å². The number of carbonyl (C=O) groups excluding carboxylic acids is 4. The minimum Gasteiger partial charge on any atom is -0.326 e. The topological polar surface area (TPSA) is 86.8 Å². The van der Waals surface area contributed by atoms with Gasteiger partial charge in [-0.1, -0.05) is 12.1 Å². The standard InChI is InChI=1S/C17H17N3O4S/c21-14-7-12(17(24)18-14)20(10-5-6-10)15(22)8-19-11-3-1-2-4-13(11)25-9-16(19)23/h1-4,10,12H,5-9H2,(H,18,21,24)/t12-/m0/s1. The highest BCUT2D eigenvalue weighted by atomic mass is 32.2. The SMILES string of the molecule is O=C1C[C@H](N(C(=O)CN2C(=O)CSc3ccccc32)C2CC2)C(=O)N1. The van der Waals surface area contributed by atoms with Crippen LogP contribution < -0.4 is 10.2 Å². The molecule has 3 aliphatic rings. The van der Waals surface area contributed by atoms with E-state index < -0.39 is 11.9 Å². The third-order valence-electron chi connectivity index (χ3n) is 4.61. The molecule has 0 aromatic heterocycles. The van der Waals surface area contributed by atoms with Crippen molar-refractivity contribution in [2.75, 3.05) is 17.2 Å². The van der Waals surface area contributed by atoms with E-state index in [1.165, 1.54) is 21.6 Å². The summed E-state index contributed by atoms with van der Waals surface area (Å²) >= 11 is 1.46. The Labute approximate surface area is 148 Å². The van der Waals surface area contributed by atoms with Gasteiger partial charge in [0.15, 0.2) is 0 Å². The lowest BCUT2D eigenvalue weighted by Crippen LogP contribution is -2.51. The Hall–Kier alpha value is -2.35. The smallest absolute Gasteiger partial charge is 0.249 e. The molecule has 0 radical (unpaired) electrons. The lowest BCUT2D eigenvalue weighted by atomic mass is 10.2. The maximum absolute atomic E-state index is 12.9. The average Bonchev–Trinajstić information content (AvgIpc) is 3.36. The van der Waals surface area contributed by atoms with Gasteiger partial charge in [-0.05, 0) is 25.0 Å². The van der Waals surface area contributed by atoms with Crippen LogP contribution in [-0.4, -0.2) is 52.9 Å². The summed E-state index contributed by atoms with van der Waals surface area (Å²) < 4.78 is 0. The number of fused-ring (bicyclic) bond motifs is 1. The van der Waals surface area contributed by atoms with Crippen molar-refractivity contribution in [1.29, 1.82) is 0 Å². The van der Waals surface area contributed by atoms with E-state index in [0.29, 0.717) is 0 Å². The molecule has 8 heteroatoms.